The number of nitrogens with one attached hydrogen (secondary N) is 1. The van der Waals surface area contributed by atoms with Crippen molar-refractivity contribution in [1.82, 2.24) is 10.2 Å². The molecule has 0 fully saturated rings. The van der Waals surface area contributed by atoms with E-state index in [1.165, 1.54) is 0 Å². The Kier molecular flexibility index (Phi) is 11.6. The molecule has 3 N–H and O–H groups in total. The summed E-state index contributed by atoms with van der Waals surface area (Å²) in [6.45, 7) is 12.0. The van der Waals surface area contributed by atoms with Crippen LogP contribution in [-0.4, -0.2) is 61.1 Å². The van der Waals surface area contributed by atoms with Gasteiger partial charge in [-0.05, 0) is 80.4 Å². The van der Waals surface area contributed by atoms with Gasteiger partial charge in [0.2, 0.25) is 11.8 Å². The molecule has 0 aromatic rings. The molecule has 0 spiro atoms. The monoisotopic (exact) mass is 589 g/mol. The number of amides is 2. The predicted molar refractivity (Wildman–Crippen MR) is 125 cm³/mol. The first-order valence-corrected chi connectivity index (χ1v) is 11.8. The Morgan fingerprint density at radius 2 is 1.32 bits per heavy atom. The lowest BCUT2D eigenvalue weighted by Crippen LogP contribution is -2.59. The first kappa shape index (κ1) is 28.2. The number of Topliss-reactive ketones (excluding diaryl/α,β-unsaturated/α-hetero) is 1. The molecule has 0 aliphatic rings. The fraction of sp³-hybridized carbons (Fsp3) is 0.842. The second-order valence-corrected chi connectivity index (χ2v) is 14.3. The standard InChI is InChI=1S/C19H34Br3N3O3/c1-17(2,20)14(26)13(9-12-24-11-8-7-10-23)25(15(27)18(3,4)21)16(28)19(5,6)22/h13,24H,7-12,23H2,1-6H3. The number of rotatable bonds is 12. The zero-order valence-corrected chi connectivity index (χ0v) is 22.5. The van der Waals surface area contributed by atoms with Crippen LogP contribution in [0.25, 0.3) is 0 Å². The summed E-state index contributed by atoms with van der Waals surface area (Å²) in [5, 5.41) is 3.27. The lowest BCUT2D eigenvalue weighted by molar-refractivity contribution is -0.153. The number of unbranched alkanes of at least 4 members (excludes halogenated alkanes) is 1. The number of ketones is 1. The summed E-state index contributed by atoms with van der Waals surface area (Å²) in [7, 11) is 0. The molecule has 0 aliphatic heterocycles. The van der Waals surface area contributed by atoms with Crippen LogP contribution in [0.2, 0.25) is 0 Å². The molecule has 28 heavy (non-hydrogen) atoms. The number of nitrogens with zero attached hydrogens (tertiary/aromatic N) is 1. The first-order valence-electron chi connectivity index (χ1n) is 9.45. The lowest BCUT2D eigenvalue weighted by atomic mass is 9.95. The number of nitrogens with two attached hydrogens (primary N) is 1. The molecule has 6 nitrogen and oxygen atoms in total. The third kappa shape index (κ3) is 9.32. The van der Waals surface area contributed by atoms with Crippen LogP contribution in [0.15, 0.2) is 0 Å². The molecule has 0 aromatic carbocycles. The van der Waals surface area contributed by atoms with Gasteiger partial charge < -0.3 is 11.1 Å². The van der Waals surface area contributed by atoms with Crippen molar-refractivity contribution in [3.63, 3.8) is 0 Å². The number of halogens is 3. The van der Waals surface area contributed by atoms with Gasteiger partial charge >= 0.3 is 0 Å². The Hall–Kier alpha value is 0.170. The average molecular weight is 592 g/mol. The summed E-state index contributed by atoms with van der Waals surface area (Å²) in [6, 6.07) is -0.884. The van der Waals surface area contributed by atoms with Crippen molar-refractivity contribution in [2.24, 2.45) is 5.73 Å². The van der Waals surface area contributed by atoms with Crippen molar-refractivity contribution >= 4 is 65.4 Å². The Balaban J connectivity index is 5.79. The molecule has 2 amide bonds. The minimum Gasteiger partial charge on any atom is -0.330 e. The van der Waals surface area contributed by atoms with Gasteiger partial charge in [-0.3, -0.25) is 19.3 Å². The predicted octanol–water partition coefficient (Wildman–Crippen LogP) is 3.52. The van der Waals surface area contributed by atoms with Crippen LogP contribution in [0.4, 0.5) is 0 Å². The second-order valence-electron chi connectivity index (χ2n) is 8.31. The van der Waals surface area contributed by atoms with E-state index in [-0.39, 0.29) is 5.78 Å². The molecule has 0 rings (SSSR count). The van der Waals surface area contributed by atoms with Crippen molar-refractivity contribution in [3.05, 3.63) is 0 Å². The van der Waals surface area contributed by atoms with Gasteiger partial charge in [0.15, 0.2) is 5.78 Å². The van der Waals surface area contributed by atoms with Gasteiger partial charge in [-0.25, -0.2) is 0 Å². The second kappa shape index (κ2) is 11.5. The van der Waals surface area contributed by atoms with Crippen LogP contribution in [0.1, 0.15) is 60.8 Å². The average Bonchev–Trinajstić information content (AvgIpc) is 2.52. The number of hydrogen-bond donors (Lipinski definition) is 2. The zero-order valence-electron chi connectivity index (χ0n) is 17.7. The molecule has 0 aromatic heterocycles. The summed E-state index contributed by atoms with van der Waals surface area (Å²) in [4.78, 5) is 40.6. The number of hydrogen-bond acceptors (Lipinski definition) is 5. The van der Waals surface area contributed by atoms with Gasteiger partial charge in [0.05, 0.1) is 13.0 Å². The number of carbonyl (C=O) groups excluding carboxylic acids is 3. The molecular weight excluding hydrogens is 558 g/mol. The van der Waals surface area contributed by atoms with Gasteiger partial charge in [-0.1, -0.05) is 47.8 Å². The molecule has 0 saturated carbocycles. The quantitative estimate of drug-likeness (QED) is 0.268. The van der Waals surface area contributed by atoms with E-state index in [1.54, 1.807) is 41.5 Å². The van der Waals surface area contributed by atoms with E-state index in [4.69, 9.17) is 5.73 Å². The van der Waals surface area contributed by atoms with Crippen LogP contribution in [-0.2, 0) is 14.4 Å². The van der Waals surface area contributed by atoms with Crippen molar-refractivity contribution in [2.45, 2.75) is 79.8 Å². The topological polar surface area (TPSA) is 92.5 Å². The maximum Gasteiger partial charge on any atom is 0.246 e. The van der Waals surface area contributed by atoms with Gasteiger partial charge in [-0.2, -0.15) is 0 Å². The maximum atomic E-state index is 13.2. The SMILES string of the molecule is CC(C)(Br)C(=O)C(CCNCCCCN)N(C(=O)C(C)(C)Br)C(=O)C(C)(C)Br. The molecular formula is C19H34Br3N3O3. The van der Waals surface area contributed by atoms with Crippen LogP contribution >= 0.6 is 47.8 Å². The molecule has 1 unspecified atom stereocenters. The van der Waals surface area contributed by atoms with Gasteiger partial charge in [-0.15, -0.1) is 0 Å². The highest BCUT2D eigenvalue weighted by Gasteiger charge is 2.46. The third-order valence-electron chi connectivity index (χ3n) is 4.06. The minimum absolute atomic E-state index is 0.216. The van der Waals surface area contributed by atoms with Crippen LogP contribution < -0.4 is 11.1 Å². The lowest BCUT2D eigenvalue weighted by Gasteiger charge is -2.38. The Bertz CT molecular complexity index is 523. The molecule has 164 valence electrons. The van der Waals surface area contributed by atoms with Crippen LogP contribution in [0.5, 0.6) is 0 Å². The Labute approximate surface area is 194 Å². The van der Waals surface area contributed by atoms with E-state index in [1.807, 2.05) is 0 Å². The van der Waals surface area contributed by atoms with Crippen molar-refractivity contribution in [3.8, 4) is 0 Å². The van der Waals surface area contributed by atoms with Crippen molar-refractivity contribution in [1.29, 1.82) is 0 Å². The fourth-order valence-electron chi connectivity index (χ4n) is 2.48. The fourth-order valence-corrected chi connectivity index (χ4v) is 3.13. The molecule has 0 aliphatic carbocycles. The first-order chi connectivity index (χ1) is 12.5. The smallest absolute Gasteiger partial charge is 0.246 e. The number of alkyl halides is 3. The van der Waals surface area contributed by atoms with Gasteiger partial charge in [0.1, 0.15) is 6.04 Å². The van der Waals surface area contributed by atoms with Crippen molar-refractivity contribution in [2.75, 3.05) is 19.6 Å². The number of imide groups is 1. The van der Waals surface area contributed by atoms with E-state index < -0.39 is 30.8 Å². The summed E-state index contributed by atoms with van der Waals surface area (Å²) in [6.07, 6.45) is 2.19. The molecule has 0 heterocycles. The number of carbonyl (C=O) groups is 3. The molecule has 9 heteroatoms. The highest BCUT2D eigenvalue weighted by Crippen LogP contribution is 2.30. The van der Waals surface area contributed by atoms with Crippen molar-refractivity contribution < 1.29 is 14.4 Å². The molecule has 0 saturated heterocycles. The van der Waals surface area contributed by atoms with E-state index >= 15 is 0 Å². The third-order valence-corrected chi connectivity index (χ3v) is 5.13. The molecule has 0 bridgehead atoms. The minimum atomic E-state index is -0.982. The van der Waals surface area contributed by atoms with E-state index in [0.29, 0.717) is 19.5 Å². The molecule has 1 atom stereocenters. The van der Waals surface area contributed by atoms with Crippen LogP contribution in [0.3, 0.4) is 0 Å². The normalized spacial score (nSPS) is 13.9. The van der Waals surface area contributed by atoms with Gasteiger partial charge in [0, 0.05) is 0 Å². The summed E-state index contributed by atoms with van der Waals surface area (Å²) >= 11 is 10.1. The summed E-state index contributed by atoms with van der Waals surface area (Å²) < 4.78 is -2.84. The Morgan fingerprint density at radius 1 is 0.857 bits per heavy atom. The molecule has 0 radical (unpaired) electrons. The summed E-state index contributed by atoms with van der Waals surface area (Å²) in [5.74, 6) is -1.10. The highest BCUT2D eigenvalue weighted by molar-refractivity contribution is 9.10. The van der Waals surface area contributed by atoms with E-state index in [2.05, 4.69) is 53.1 Å². The summed E-state index contributed by atoms with van der Waals surface area (Å²) in [5.41, 5.74) is 5.50. The maximum absolute atomic E-state index is 13.2. The Morgan fingerprint density at radius 3 is 1.68 bits per heavy atom. The largest absolute Gasteiger partial charge is 0.330 e. The highest BCUT2D eigenvalue weighted by atomic mass is 79.9. The van der Waals surface area contributed by atoms with Gasteiger partial charge in [0.25, 0.3) is 0 Å². The van der Waals surface area contributed by atoms with E-state index in [0.717, 1.165) is 24.3 Å². The zero-order chi connectivity index (χ0) is 22.3. The van der Waals surface area contributed by atoms with Crippen LogP contribution in [0, 0.1) is 0 Å². The van der Waals surface area contributed by atoms with E-state index in [9.17, 15) is 14.4 Å².